The van der Waals surface area contributed by atoms with Gasteiger partial charge in [0.1, 0.15) is 10.7 Å². The summed E-state index contributed by atoms with van der Waals surface area (Å²) in [5, 5.41) is 2.56. The SMILES string of the molecule is NCc1nc(C(=O)N2CCOCC2)cs1. The predicted octanol–water partition coefficient (Wildman–Crippen LogP) is 0.0742. The third-order valence-corrected chi connectivity index (χ3v) is 3.11. The summed E-state index contributed by atoms with van der Waals surface area (Å²) in [5.74, 6) is -0.0192. The van der Waals surface area contributed by atoms with Gasteiger partial charge in [0.05, 0.1) is 13.2 Å². The van der Waals surface area contributed by atoms with Gasteiger partial charge in [-0.05, 0) is 0 Å². The maximum absolute atomic E-state index is 11.9. The Balaban J connectivity index is 2.05. The van der Waals surface area contributed by atoms with E-state index in [2.05, 4.69) is 4.98 Å². The van der Waals surface area contributed by atoms with E-state index in [9.17, 15) is 4.79 Å². The smallest absolute Gasteiger partial charge is 0.273 e. The van der Waals surface area contributed by atoms with E-state index in [0.717, 1.165) is 5.01 Å². The Hall–Kier alpha value is -0.980. The average Bonchev–Trinajstić information content (AvgIpc) is 2.78. The Morgan fingerprint density at radius 2 is 2.33 bits per heavy atom. The number of aromatic nitrogens is 1. The number of carbonyl (C=O) groups is 1. The van der Waals surface area contributed by atoms with Crippen molar-refractivity contribution in [1.29, 1.82) is 0 Å². The molecule has 1 aliphatic heterocycles. The lowest BCUT2D eigenvalue weighted by molar-refractivity contribution is 0.0299. The monoisotopic (exact) mass is 227 g/mol. The zero-order valence-electron chi connectivity index (χ0n) is 8.31. The van der Waals surface area contributed by atoms with Crippen LogP contribution in [-0.4, -0.2) is 42.1 Å². The van der Waals surface area contributed by atoms with Gasteiger partial charge in [-0.1, -0.05) is 0 Å². The average molecular weight is 227 g/mol. The molecule has 1 aromatic heterocycles. The van der Waals surface area contributed by atoms with Crippen molar-refractivity contribution in [3.8, 4) is 0 Å². The van der Waals surface area contributed by atoms with Gasteiger partial charge < -0.3 is 15.4 Å². The van der Waals surface area contributed by atoms with Gasteiger partial charge in [-0.2, -0.15) is 0 Å². The molecule has 6 heteroatoms. The molecule has 1 fully saturated rings. The van der Waals surface area contributed by atoms with Gasteiger partial charge in [-0.3, -0.25) is 4.79 Å². The van der Waals surface area contributed by atoms with Gasteiger partial charge in [0, 0.05) is 25.0 Å². The highest BCUT2D eigenvalue weighted by Gasteiger charge is 2.20. The number of amides is 1. The van der Waals surface area contributed by atoms with E-state index in [0.29, 0.717) is 38.5 Å². The summed E-state index contributed by atoms with van der Waals surface area (Å²) in [6.07, 6.45) is 0. The minimum atomic E-state index is -0.0192. The molecular formula is C9H13N3O2S. The number of rotatable bonds is 2. The lowest BCUT2D eigenvalue weighted by Crippen LogP contribution is -2.40. The Morgan fingerprint density at radius 1 is 1.60 bits per heavy atom. The first-order chi connectivity index (χ1) is 7.31. The number of nitrogens with two attached hydrogens (primary N) is 1. The minimum Gasteiger partial charge on any atom is -0.378 e. The van der Waals surface area contributed by atoms with E-state index in [1.165, 1.54) is 11.3 Å². The number of ether oxygens (including phenoxy) is 1. The highest BCUT2D eigenvalue weighted by atomic mass is 32.1. The largest absolute Gasteiger partial charge is 0.378 e. The van der Waals surface area contributed by atoms with Gasteiger partial charge >= 0.3 is 0 Å². The second-order valence-electron chi connectivity index (χ2n) is 3.24. The summed E-state index contributed by atoms with van der Waals surface area (Å²) < 4.78 is 5.18. The second kappa shape index (κ2) is 4.69. The minimum absolute atomic E-state index is 0.0192. The van der Waals surface area contributed by atoms with Crippen LogP contribution < -0.4 is 5.73 Å². The van der Waals surface area contributed by atoms with Crippen LogP contribution in [0.4, 0.5) is 0 Å². The molecule has 1 aromatic rings. The normalized spacial score (nSPS) is 16.7. The standard InChI is InChI=1S/C9H13N3O2S/c10-5-8-11-7(6-15-8)9(13)12-1-3-14-4-2-12/h6H,1-5,10H2. The van der Waals surface area contributed by atoms with Crippen LogP contribution in [0.3, 0.4) is 0 Å². The van der Waals surface area contributed by atoms with Crippen molar-refractivity contribution < 1.29 is 9.53 Å². The van der Waals surface area contributed by atoms with Crippen molar-refractivity contribution in [1.82, 2.24) is 9.88 Å². The van der Waals surface area contributed by atoms with Crippen LogP contribution in [0.2, 0.25) is 0 Å². The van der Waals surface area contributed by atoms with Gasteiger partial charge in [0.2, 0.25) is 0 Å². The molecule has 15 heavy (non-hydrogen) atoms. The fraction of sp³-hybridized carbons (Fsp3) is 0.556. The molecule has 0 unspecified atom stereocenters. The van der Waals surface area contributed by atoms with Crippen molar-refractivity contribution in [3.05, 3.63) is 16.1 Å². The maximum atomic E-state index is 11.9. The van der Waals surface area contributed by atoms with E-state index in [1.54, 1.807) is 10.3 Å². The van der Waals surface area contributed by atoms with E-state index in [1.807, 2.05) is 0 Å². The molecule has 0 bridgehead atoms. The molecule has 5 nitrogen and oxygen atoms in total. The van der Waals surface area contributed by atoms with Crippen molar-refractivity contribution >= 4 is 17.2 Å². The first-order valence-corrected chi connectivity index (χ1v) is 5.70. The summed E-state index contributed by atoms with van der Waals surface area (Å²) in [7, 11) is 0. The highest BCUT2D eigenvalue weighted by molar-refractivity contribution is 7.09. The molecule has 0 spiro atoms. The van der Waals surface area contributed by atoms with Gasteiger partial charge in [0.15, 0.2) is 0 Å². The second-order valence-corrected chi connectivity index (χ2v) is 4.18. The molecule has 1 amide bonds. The third kappa shape index (κ3) is 2.34. The van der Waals surface area contributed by atoms with Crippen molar-refractivity contribution in [2.45, 2.75) is 6.54 Å². The van der Waals surface area contributed by atoms with Gasteiger partial charge in [-0.15, -0.1) is 11.3 Å². The van der Waals surface area contributed by atoms with E-state index in [4.69, 9.17) is 10.5 Å². The van der Waals surface area contributed by atoms with E-state index >= 15 is 0 Å². The van der Waals surface area contributed by atoms with Crippen LogP contribution in [0.5, 0.6) is 0 Å². The number of carbonyl (C=O) groups excluding carboxylic acids is 1. The molecule has 2 rings (SSSR count). The van der Waals surface area contributed by atoms with Crippen LogP contribution in [-0.2, 0) is 11.3 Å². The fourth-order valence-electron chi connectivity index (χ4n) is 1.43. The molecule has 0 aromatic carbocycles. The Labute approximate surface area is 91.9 Å². The van der Waals surface area contributed by atoms with Gasteiger partial charge in [-0.25, -0.2) is 4.98 Å². The highest BCUT2D eigenvalue weighted by Crippen LogP contribution is 2.12. The number of hydrogen-bond donors (Lipinski definition) is 1. The molecule has 0 radical (unpaired) electrons. The summed E-state index contributed by atoms with van der Waals surface area (Å²) in [4.78, 5) is 17.8. The topological polar surface area (TPSA) is 68.5 Å². The lowest BCUT2D eigenvalue weighted by Gasteiger charge is -2.25. The molecule has 0 aliphatic carbocycles. The van der Waals surface area contributed by atoms with Crippen molar-refractivity contribution in [2.75, 3.05) is 26.3 Å². The van der Waals surface area contributed by atoms with Gasteiger partial charge in [0.25, 0.3) is 5.91 Å². The van der Waals surface area contributed by atoms with Crippen LogP contribution in [0.15, 0.2) is 5.38 Å². The molecule has 1 aliphatic rings. The first-order valence-electron chi connectivity index (χ1n) is 4.83. The van der Waals surface area contributed by atoms with Crippen LogP contribution in [0.25, 0.3) is 0 Å². The van der Waals surface area contributed by atoms with Crippen molar-refractivity contribution in [3.63, 3.8) is 0 Å². The lowest BCUT2D eigenvalue weighted by atomic mass is 10.3. The Morgan fingerprint density at radius 3 is 2.93 bits per heavy atom. The molecular weight excluding hydrogens is 214 g/mol. The Bertz CT molecular complexity index is 347. The number of thiazole rings is 1. The zero-order chi connectivity index (χ0) is 10.7. The van der Waals surface area contributed by atoms with Crippen LogP contribution in [0.1, 0.15) is 15.5 Å². The number of hydrogen-bond acceptors (Lipinski definition) is 5. The van der Waals surface area contributed by atoms with E-state index in [-0.39, 0.29) is 5.91 Å². The summed E-state index contributed by atoms with van der Waals surface area (Å²) in [6.45, 7) is 2.91. The van der Waals surface area contributed by atoms with E-state index < -0.39 is 0 Å². The molecule has 1 saturated heterocycles. The van der Waals surface area contributed by atoms with Crippen molar-refractivity contribution in [2.24, 2.45) is 5.73 Å². The maximum Gasteiger partial charge on any atom is 0.273 e. The molecule has 0 saturated carbocycles. The Kier molecular flexibility index (Phi) is 3.30. The quantitative estimate of drug-likeness (QED) is 0.776. The summed E-state index contributed by atoms with van der Waals surface area (Å²) in [6, 6.07) is 0. The number of morpholine rings is 1. The summed E-state index contributed by atoms with van der Waals surface area (Å²) in [5.41, 5.74) is 5.95. The summed E-state index contributed by atoms with van der Waals surface area (Å²) >= 11 is 1.43. The zero-order valence-corrected chi connectivity index (χ0v) is 9.13. The first kappa shape index (κ1) is 10.5. The molecule has 82 valence electrons. The molecule has 0 atom stereocenters. The van der Waals surface area contributed by atoms with Crippen LogP contribution in [0, 0.1) is 0 Å². The van der Waals surface area contributed by atoms with Crippen LogP contribution >= 0.6 is 11.3 Å². The number of nitrogens with zero attached hydrogens (tertiary/aromatic N) is 2. The predicted molar refractivity (Wildman–Crippen MR) is 56.7 cm³/mol. The molecule has 2 N–H and O–H groups in total. The third-order valence-electron chi connectivity index (χ3n) is 2.24. The molecule has 2 heterocycles. The fourth-order valence-corrected chi connectivity index (χ4v) is 2.08.